The molecule has 0 spiro atoms. The number of anilines is 1. The van der Waals surface area contributed by atoms with Crippen molar-refractivity contribution in [2.24, 2.45) is 0 Å². The maximum atomic E-state index is 12.5. The van der Waals surface area contributed by atoms with Crippen LogP contribution in [0, 0.1) is 0 Å². The van der Waals surface area contributed by atoms with Gasteiger partial charge in [0.05, 0.1) is 24.1 Å². The van der Waals surface area contributed by atoms with Crippen molar-refractivity contribution in [2.45, 2.75) is 6.18 Å². The molecule has 1 heterocycles. The van der Waals surface area contributed by atoms with Gasteiger partial charge in [0.15, 0.2) is 0 Å². The number of ether oxygens (including phenoxy) is 1. The van der Waals surface area contributed by atoms with E-state index in [0.29, 0.717) is 17.1 Å². The van der Waals surface area contributed by atoms with E-state index in [0.717, 1.165) is 12.1 Å². The molecule has 2 N–H and O–H groups in total. The molecular weight excluding hydrogens is 337 g/mol. The molecule has 0 saturated carbocycles. The molecule has 0 aliphatic carbocycles. The van der Waals surface area contributed by atoms with Gasteiger partial charge in [0.1, 0.15) is 6.61 Å². The van der Waals surface area contributed by atoms with Gasteiger partial charge >= 0.3 is 6.18 Å². The molecule has 1 aromatic heterocycles. The van der Waals surface area contributed by atoms with E-state index >= 15 is 0 Å². The van der Waals surface area contributed by atoms with Crippen LogP contribution in [0.5, 0.6) is 5.88 Å². The Balaban J connectivity index is 1.92. The summed E-state index contributed by atoms with van der Waals surface area (Å²) in [5.41, 5.74) is 0.149. The molecule has 2 rings (SSSR count). The number of benzene rings is 1. The fraction of sp³-hybridized carbons (Fsp3) is 0.176. The maximum Gasteiger partial charge on any atom is 0.416 e. The fourth-order valence-electron chi connectivity index (χ4n) is 1.83. The number of nitrogens with one attached hydrogen (secondary N) is 1. The van der Waals surface area contributed by atoms with Crippen LogP contribution in [0.3, 0.4) is 0 Å². The minimum atomic E-state index is -4.39. The Hall–Kier alpha value is -2.87. The summed E-state index contributed by atoms with van der Waals surface area (Å²) >= 11 is 0. The van der Waals surface area contributed by atoms with Gasteiger partial charge in [-0.2, -0.15) is 13.2 Å². The highest BCUT2D eigenvalue weighted by Gasteiger charge is 2.29. The summed E-state index contributed by atoms with van der Waals surface area (Å²) in [6, 6.07) is 7.57. The first-order valence-electron chi connectivity index (χ1n) is 7.24. The Bertz CT molecular complexity index is 726. The number of alkyl halides is 3. The van der Waals surface area contributed by atoms with Gasteiger partial charge in [-0.15, -0.1) is 0 Å². The fourth-order valence-corrected chi connectivity index (χ4v) is 1.83. The zero-order valence-electron chi connectivity index (χ0n) is 13.0. The molecule has 0 radical (unpaired) electrons. The van der Waals surface area contributed by atoms with Crippen LogP contribution in [0.25, 0.3) is 6.08 Å². The highest BCUT2D eigenvalue weighted by Crippen LogP contribution is 2.29. The van der Waals surface area contributed by atoms with Gasteiger partial charge in [-0.25, -0.2) is 4.98 Å². The van der Waals surface area contributed by atoms with Gasteiger partial charge in [-0.3, -0.25) is 4.79 Å². The third kappa shape index (κ3) is 5.92. The first-order chi connectivity index (χ1) is 11.9. The zero-order chi connectivity index (χ0) is 18.3. The van der Waals surface area contributed by atoms with Crippen molar-refractivity contribution < 1.29 is 27.8 Å². The highest BCUT2D eigenvalue weighted by molar-refractivity contribution is 6.01. The molecule has 0 aliphatic heterocycles. The lowest BCUT2D eigenvalue weighted by atomic mass is 10.1. The number of pyridine rings is 1. The SMILES string of the molecule is O=C(/C=C/c1ccc(C(F)(F)F)cc1)Nc1ccc(OCCO)nc1. The van der Waals surface area contributed by atoms with Crippen LogP contribution < -0.4 is 10.1 Å². The van der Waals surface area contributed by atoms with E-state index in [-0.39, 0.29) is 13.2 Å². The third-order valence-corrected chi connectivity index (χ3v) is 3.01. The number of amides is 1. The van der Waals surface area contributed by atoms with Crippen molar-refractivity contribution in [3.8, 4) is 5.88 Å². The lowest BCUT2D eigenvalue weighted by molar-refractivity contribution is -0.137. The predicted octanol–water partition coefficient (Wildman–Crippen LogP) is 3.12. The molecule has 0 fully saturated rings. The van der Waals surface area contributed by atoms with Crippen molar-refractivity contribution >= 4 is 17.7 Å². The number of carbonyl (C=O) groups is 1. The Morgan fingerprint density at radius 3 is 2.48 bits per heavy atom. The largest absolute Gasteiger partial charge is 0.475 e. The Morgan fingerprint density at radius 2 is 1.92 bits per heavy atom. The van der Waals surface area contributed by atoms with Gasteiger partial charge in [-0.1, -0.05) is 12.1 Å². The van der Waals surface area contributed by atoms with Gasteiger partial charge < -0.3 is 15.2 Å². The number of hydrogen-bond acceptors (Lipinski definition) is 4. The van der Waals surface area contributed by atoms with E-state index < -0.39 is 17.6 Å². The van der Waals surface area contributed by atoms with E-state index in [1.807, 2.05) is 0 Å². The molecule has 1 amide bonds. The third-order valence-electron chi connectivity index (χ3n) is 3.01. The minimum absolute atomic E-state index is 0.120. The minimum Gasteiger partial charge on any atom is -0.475 e. The number of hydrogen-bond donors (Lipinski definition) is 2. The number of aliphatic hydroxyl groups is 1. The summed E-state index contributed by atoms with van der Waals surface area (Å²) in [6.45, 7) is -0.0104. The van der Waals surface area contributed by atoms with Crippen LogP contribution in [0.2, 0.25) is 0 Å². The molecule has 2 aromatic rings. The van der Waals surface area contributed by atoms with Crippen molar-refractivity contribution in [3.63, 3.8) is 0 Å². The van der Waals surface area contributed by atoms with Crippen LogP contribution >= 0.6 is 0 Å². The van der Waals surface area contributed by atoms with Gasteiger partial charge in [-0.05, 0) is 29.8 Å². The average Bonchev–Trinajstić information content (AvgIpc) is 2.59. The van der Waals surface area contributed by atoms with Gasteiger partial charge in [0, 0.05) is 12.1 Å². The smallest absolute Gasteiger partial charge is 0.416 e. The molecule has 25 heavy (non-hydrogen) atoms. The van der Waals surface area contributed by atoms with E-state index in [9.17, 15) is 18.0 Å². The molecule has 0 saturated heterocycles. The molecular formula is C17H15F3N2O3. The molecule has 8 heteroatoms. The second-order valence-corrected chi connectivity index (χ2v) is 4.90. The molecule has 132 valence electrons. The number of aliphatic hydroxyl groups excluding tert-OH is 1. The highest BCUT2D eigenvalue weighted by atomic mass is 19.4. The molecule has 0 bridgehead atoms. The summed E-state index contributed by atoms with van der Waals surface area (Å²) in [6.07, 6.45) is -0.392. The lowest BCUT2D eigenvalue weighted by Gasteiger charge is -2.06. The zero-order valence-corrected chi connectivity index (χ0v) is 13.0. The van der Waals surface area contributed by atoms with Crippen LogP contribution in [-0.2, 0) is 11.0 Å². The Labute approximate surface area is 141 Å². The van der Waals surface area contributed by atoms with Crippen molar-refractivity contribution in [1.82, 2.24) is 4.98 Å². The van der Waals surface area contributed by atoms with Crippen molar-refractivity contribution in [2.75, 3.05) is 18.5 Å². The van der Waals surface area contributed by atoms with Crippen LogP contribution in [0.4, 0.5) is 18.9 Å². The summed E-state index contributed by atoms with van der Waals surface area (Å²) in [5.74, 6) is -0.141. The number of rotatable bonds is 6. The number of aromatic nitrogens is 1. The Morgan fingerprint density at radius 1 is 1.20 bits per heavy atom. The molecule has 0 atom stereocenters. The lowest BCUT2D eigenvalue weighted by Crippen LogP contribution is -2.08. The number of halogens is 3. The van der Waals surface area contributed by atoms with Crippen LogP contribution in [-0.4, -0.2) is 29.2 Å². The van der Waals surface area contributed by atoms with E-state index in [4.69, 9.17) is 9.84 Å². The van der Waals surface area contributed by atoms with Crippen LogP contribution in [0.1, 0.15) is 11.1 Å². The van der Waals surface area contributed by atoms with Gasteiger partial charge in [0.2, 0.25) is 11.8 Å². The summed E-state index contributed by atoms with van der Waals surface area (Å²) in [7, 11) is 0. The predicted molar refractivity (Wildman–Crippen MR) is 85.9 cm³/mol. The molecule has 1 aromatic carbocycles. The second kappa shape index (κ2) is 8.29. The van der Waals surface area contributed by atoms with Crippen LogP contribution in [0.15, 0.2) is 48.7 Å². The quantitative estimate of drug-likeness (QED) is 0.784. The Kier molecular flexibility index (Phi) is 6.13. The average molecular weight is 352 g/mol. The first-order valence-corrected chi connectivity index (χ1v) is 7.24. The first kappa shape index (κ1) is 18.5. The van der Waals surface area contributed by atoms with Crippen molar-refractivity contribution in [1.29, 1.82) is 0 Å². The van der Waals surface area contributed by atoms with E-state index in [2.05, 4.69) is 10.3 Å². The standard InChI is InChI=1S/C17H15F3N2O3/c18-17(19,20)13-4-1-12(2-5-13)3-7-15(24)22-14-6-8-16(21-11-14)25-10-9-23/h1-8,11,23H,9-10H2,(H,22,24)/b7-3+. The summed E-state index contributed by atoms with van der Waals surface area (Å²) < 4.78 is 42.5. The second-order valence-electron chi connectivity index (χ2n) is 4.90. The van der Waals surface area contributed by atoms with E-state index in [1.165, 1.54) is 36.5 Å². The topological polar surface area (TPSA) is 71.5 Å². The molecule has 5 nitrogen and oxygen atoms in total. The molecule has 0 unspecified atom stereocenters. The number of nitrogens with zero attached hydrogens (tertiary/aromatic N) is 1. The molecule has 0 aliphatic rings. The monoisotopic (exact) mass is 352 g/mol. The maximum absolute atomic E-state index is 12.5. The number of carbonyl (C=O) groups excluding carboxylic acids is 1. The van der Waals surface area contributed by atoms with E-state index in [1.54, 1.807) is 6.07 Å². The summed E-state index contributed by atoms with van der Waals surface area (Å²) in [4.78, 5) is 15.7. The van der Waals surface area contributed by atoms with Crippen molar-refractivity contribution in [3.05, 3.63) is 59.8 Å². The van der Waals surface area contributed by atoms with Gasteiger partial charge in [0.25, 0.3) is 0 Å². The summed E-state index contributed by atoms with van der Waals surface area (Å²) in [5, 5.41) is 11.2. The normalized spacial score (nSPS) is 11.5.